The number of anilines is 1. The molecule has 0 unspecified atom stereocenters. The maximum Gasteiger partial charge on any atom is 0.0369 e. The summed E-state index contributed by atoms with van der Waals surface area (Å²) in [5.74, 6) is 0. The normalized spacial score (nSPS) is 23.0. The van der Waals surface area contributed by atoms with Crippen molar-refractivity contribution in [1.29, 1.82) is 0 Å². The van der Waals surface area contributed by atoms with Gasteiger partial charge in [-0.1, -0.05) is 12.1 Å². The molecule has 0 bridgehead atoms. The zero-order valence-corrected chi connectivity index (χ0v) is 6.75. The molecule has 1 aromatic carbocycles. The Kier molecular flexibility index (Phi) is 1.57. The highest BCUT2D eigenvalue weighted by Crippen LogP contribution is 2.24. The van der Waals surface area contributed by atoms with Crippen molar-refractivity contribution in [3.05, 3.63) is 30.3 Å². The van der Waals surface area contributed by atoms with E-state index in [0.717, 1.165) is 6.04 Å². The molecule has 1 radical (unpaired) electrons. The smallest absolute Gasteiger partial charge is 0.0369 e. The third kappa shape index (κ3) is 1.11. The molecule has 1 nitrogen and oxygen atoms in total. The van der Waals surface area contributed by atoms with Gasteiger partial charge in [-0.25, -0.2) is 0 Å². The van der Waals surface area contributed by atoms with E-state index in [2.05, 4.69) is 30.0 Å². The van der Waals surface area contributed by atoms with Crippen LogP contribution in [0.25, 0.3) is 0 Å². The van der Waals surface area contributed by atoms with Crippen molar-refractivity contribution < 1.29 is 0 Å². The lowest BCUT2D eigenvalue weighted by Crippen LogP contribution is -2.45. The first-order valence-corrected chi connectivity index (χ1v) is 4.10. The molecule has 0 aromatic heterocycles. The standard InChI is InChI=1S/C10H12N/c1-9-7-8-11(9)10-5-3-2-4-6-10/h3-6,9H,7-8H2,1H3/t9-/m0/s1. The van der Waals surface area contributed by atoms with Crippen molar-refractivity contribution in [1.82, 2.24) is 0 Å². The van der Waals surface area contributed by atoms with Gasteiger partial charge in [-0.2, -0.15) is 0 Å². The predicted molar refractivity (Wildman–Crippen MR) is 46.7 cm³/mol. The molecule has 11 heavy (non-hydrogen) atoms. The highest BCUT2D eigenvalue weighted by atomic mass is 15.2. The summed E-state index contributed by atoms with van der Waals surface area (Å²) in [5, 5.41) is 0. The van der Waals surface area contributed by atoms with Gasteiger partial charge in [-0.15, -0.1) is 0 Å². The van der Waals surface area contributed by atoms with E-state index in [9.17, 15) is 0 Å². The molecule has 1 atom stereocenters. The Bertz CT molecular complexity index is 230. The zero-order chi connectivity index (χ0) is 7.68. The Morgan fingerprint density at radius 1 is 1.45 bits per heavy atom. The summed E-state index contributed by atoms with van der Waals surface area (Å²) in [7, 11) is 0. The Morgan fingerprint density at radius 2 is 2.18 bits per heavy atom. The molecule has 1 saturated heterocycles. The highest BCUT2D eigenvalue weighted by Gasteiger charge is 2.22. The van der Waals surface area contributed by atoms with E-state index in [0.29, 0.717) is 0 Å². The molecule has 1 fully saturated rings. The maximum absolute atomic E-state index is 3.02. The first-order chi connectivity index (χ1) is 5.38. The molecule has 1 heteroatoms. The monoisotopic (exact) mass is 146 g/mol. The molecule has 0 N–H and O–H groups in total. The van der Waals surface area contributed by atoms with Crippen molar-refractivity contribution in [3.8, 4) is 0 Å². The van der Waals surface area contributed by atoms with Crippen LogP contribution in [0.2, 0.25) is 0 Å². The van der Waals surface area contributed by atoms with Gasteiger partial charge in [-0.05, 0) is 31.5 Å². The van der Waals surface area contributed by atoms with Gasteiger partial charge in [0.15, 0.2) is 0 Å². The van der Waals surface area contributed by atoms with E-state index in [1.165, 1.54) is 18.7 Å². The molecule has 2 rings (SSSR count). The largest absolute Gasteiger partial charge is 0.369 e. The second kappa shape index (κ2) is 2.57. The molecule has 0 saturated carbocycles. The van der Waals surface area contributed by atoms with E-state index in [-0.39, 0.29) is 0 Å². The first kappa shape index (κ1) is 6.71. The van der Waals surface area contributed by atoms with Crippen LogP contribution in [0.4, 0.5) is 5.69 Å². The highest BCUT2D eigenvalue weighted by molar-refractivity contribution is 5.48. The van der Waals surface area contributed by atoms with Crippen LogP contribution in [0.3, 0.4) is 0 Å². The molecule has 1 heterocycles. The Hall–Kier alpha value is -0.980. The lowest BCUT2D eigenvalue weighted by atomic mass is 10.0. The summed E-state index contributed by atoms with van der Waals surface area (Å²) in [5.41, 5.74) is 1.34. The third-order valence-electron chi connectivity index (χ3n) is 2.35. The molecular formula is C10H12N. The minimum atomic E-state index is 0.734. The van der Waals surface area contributed by atoms with Crippen LogP contribution in [0, 0.1) is 6.07 Å². The van der Waals surface area contributed by atoms with Crippen LogP contribution in [-0.2, 0) is 0 Å². The number of nitrogens with zero attached hydrogens (tertiary/aromatic N) is 1. The summed E-state index contributed by atoms with van der Waals surface area (Å²) < 4.78 is 0. The van der Waals surface area contributed by atoms with Crippen LogP contribution in [0.5, 0.6) is 0 Å². The second-order valence-corrected chi connectivity index (χ2v) is 3.09. The first-order valence-electron chi connectivity index (χ1n) is 4.10. The summed E-state index contributed by atoms with van der Waals surface area (Å²) in [4.78, 5) is 2.41. The van der Waals surface area contributed by atoms with Gasteiger partial charge in [0.2, 0.25) is 0 Å². The zero-order valence-electron chi connectivity index (χ0n) is 6.75. The van der Waals surface area contributed by atoms with E-state index in [1.54, 1.807) is 0 Å². The van der Waals surface area contributed by atoms with Crippen molar-refractivity contribution in [2.75, 3.05) is 11.4 Å². The summed E-state index contributed by atoms with van der Waals surface area (Å²) in [6.07, 6.45) is 1.33. The average Bonchev–Trinajstić information content (AvgIpc) is 2.04. The fourth-order valence-corrected chi connectivity index (χ4v) is 1.47. The maximum atomic E-state index is 3.02. The Morgan fingerprint density at radius 3 is 2.64 bits per heavy atom. The fraction of sp³-hybridized carbons (Fsp3) is 0.400. The van der Waals surface area contributed by atoms with Gasteiger partial charge in [0, 0.05) is 18.3 Å². The number of rotatable bonds is 1. The van der Waals surface area contributed by atoms with Crippen molar-refractivity contribution >= 4 is 5.69 Å². The topological polar surface area (TPSA) is 3.24 Å². The molecule has 0 aliphatic carbocycles. The van der Waals surface area contributed by atoms with Crippen molar-refractivity contribution in [2.24, 2.45) is 0 Å². The van der Waals surface area contributed by atoms with Crippen LogP contribution in [0.15, 0.2) is 24.3 Å². The van der Waals surface area contributed by atoms with Crippen LogP contribution in [0.1, 0.15) is 13.3 Å². The second-order valence-electron chi connectivity index (χ2n) is 3.09. The molecule has 57 valence electrons. The van der Waals surface area contributed by atoms with E-state index in [1.807, 2.05) is 12.1 Å². The van der Waals surface area contributed by atoms with Gasteiger partial charge in [0.25, 0.3) is 0 Å². The summed E-state index contributed by atoms with van der Waals surface area (Å²) in [6.45, 7) is 3.48. The van der Waals surface area contributed by atoms with Crippen LogP contribution in [-0.4, -0.2) is 12.6 Å². The lowest BCUT2D eigenvalue weighted by molar-refractivity contribution is 0.481. The number of hydrogen-bond donors (Lipinski definition) is 0. The molecule has 1 aromatic rings. The van der Waals surface area contributed by atoms with Gasteiger partial charge in [0.1, 0.15) is 0 Å². The SMILES string of the molecule is C[C@H]1CCN1c1cc[c]cc1. The third-order valence-corrected chi connectivity index (χ3v) is 2.35. The van der Waals surface area contributed by atoms with Gasteiger partial charge < -0.3 is 4.90 Å². The molecule has 0 amide bonds. The van der Waals surface area contributed by atoms with Crippen LogP contribution >= 0.6 is 0 Å². The minimum Gasteiger partial charge on any atom is -0.369 e. The number of hydrogen-bond acceptors (Lipinski definition) is 1. The predicted octanol–water partition coefficient (Wildman–Crippen LogP) is 2.09. The molecule has 1 aliphatic heterocycles. The molecular weight excluding hydrogens is 134 g/mol. The Balaban J connectivity index is 2.17. The van der Waals surface area contributed by atoms with Crippen LogP contribution < -0.4 is 4.90 Å². The van der Waals surface area contributed by atoms with Gasteiger partial charge in [-0.3, -0.25) is 0 Å². The Labute approximate surface area is 67.6 Å². The van der Waals surface area contributed by atoms with E-state index >= 15 is 0 Å². The minimum absolute atomic E-state index is 0.734. The van der Waals surface area contributed by atoms with Gasteiger partial charge in [0.05, 0.1) is 0 Å². The van der Waals surface area contributed by atoms with E-state index in [4.69, 9.17) is 0 Å². The molecule has 0 spiro atoms. The van der Waals surface area contributed by atoms with Crippen molar-refractivity contribution in [2.45, 2.75) is 19.4 Å². The average molecular weight is 146 g/mol. The fourth-order valence-electron chi connectivity index (χ4n) is 1.47. The summed E-state index contributed by atoms with van der Waals surface area (Å²) >= 11 is 0. The summed E-state index contributed by atoms with van der Waals surface area (Å²) in [6, 6.07) is 11.9. The van der Waals surface area contributed by atoms with Crippen molar-refractivity contribution in [3.63, 3.8) is 0 Å². The number of benzene rings is 1. The quantitative estimate of drug-likeness (QED) is 0.586. The van der Waals surface area contributed by atoms with Gasteiger partial charge >= 0.3 is 0 Å². The molecule has 1 aliphatic rings. The van der Waals surface area contributed by atoms with E-state index < -0.39 is 0 Å². The lowest BCUT2D eigenvalue weighted by Gasteiger charge is -2.40.